The number of ether oxygens (including phenoxy) is 1. The van der Waals surface area contributed by atoms with Gasteiger partial charge in [-0.2, -0.15) is 0 Å². The molecule has 0 spiro atoms. The topological polar surface area (TPSA) is 46.6 Å². The van der Waals surface area contributed by atoms with Gasteiger partial charge in [-0.1, -0.05) is 0 Å². The van der Waals surface area contributed by atoms with Gasteiger partial charge < -0.3 is 9.64 Å². The zero-order chi connectivity index (χ0) is 11.7. The fraction of sp³-hybridized carbons (Fsp3) is 0.833. The van der Waals surface area contributed by atoms with Crippen molar-refractivity contribution in [2.75, 3.05) is 20.2 Å². The van der Waals surface area contributed by atoms with Crippen LogP contribution < -0.4 is 0 Å². The van der Waals surface area contributed by atoms with Gasteiger partial charge in [-0.05, 0) is 38.0 Å². The molecule has 2 atom stereocenters. The van der Waals surface area contributed by atoms with Crippen molar-refractivity contribution in [1.29, 1.82) is 0 Å². The average Bonchev–Trinajstić information content (AvgIpc) is 2.85. The quantitative estimate of drug-likeness (QED) is 0.672. The van der Waals surface area contributed by atoms with E-state index < -0.39 is 0 Å². The number of amides is 1. The van der Waals surface area contributed by atoms with Crippen LogP contribution in [0.1, 0.15) is 26.2 Å². The van der Waals surface area contributed by atoms with E-state index in [1.807, 2.05) is 0 Å². The van der Waals surface area contributed by atoms with E-state index in [9.17, 15) is 9.59 Å². The highest BCUT2D eigenvalue weighted by Crippen LogP contribution is 2.54. The summed E-state index contributed by atoms with van der Waals surface area (Å²) in [5.41, 5.74) is 0. The number of esters is 1. The third-order valence-corrected chi connectivity index (χ3v) is 3.64. The Morgan fingerprint density at radius 1 is 1.25 bits per heavy atom. The second-order valence-electron chi connectivity index (χ2n) is 4.92. The molecule has 2 aliphatic rings. The minimum Gasteiger partial charge on any atom is -0.465 e. The minimum atomic E-state index is -0.318. The Balaban J connectivity index is 1.77. The zero-order valence-electron chi connectivity index (χ0n) is 9.94. The molecule has 0 heterocycles. The molecule has 2 unspecified atom stereocenters. The van der Waals surface area contributed by atoms with Crippen molar-refractivity contribution < 1.29 is 14.3 Å². The van der Waals surface area contributed by atoms with Crippen LogP contribution in [0.25, 0.3) is 0 Å². The standard InChI is InChI=1S/C12H19NO3/c1-3-16-11(14)7-13(2)12(15)10-5-8-4-9(8)6-10/h8-10H,3-7H2,1-2H3. The maximum absolute atomic E-state index is 12.0. The van der Waals surface area contributed by atoms with Gasteiger partial charge in [-0.25, -0.2) is 0 Å². The summed E-state index contributed by atoms with van der Waals surface area (Å²) in [4.78, 5) is 24.7. The van der Waals surface area contributed by atoms with Crippen molar-refractivity contribution in [2.24, 2.45) is 17.8 Å². The minimum absolute atomic E-state index is 0.0819. The second kappa shape index (κ2) is 4.44. The maximum Gasteiger partial charge on any atom is 0.325 e. The van der Waals surface area contributed by atoms with Gasteiger partial charge in [0.15, 0.2) is 0 Å². The van der Waals surface area contributed by atoms with Crippen LogP contribution in [0.2, 0.25) is 0 Å². The van der Waals surface area contributed by atoms with Gasteiger partial charge in [0.25, 0.3) is 0 Å². The normalized spacial score (nSPS) is 30.8. The summed E-state index contributed by atoms with van der Waals surface area (Å²) < 4.78 is 4.82. The molecule has 2 saturated carbocycles. The molecular weight excluding hydrogens is 206 g/mol. The van der Waals surface area contributed by atoms with Crippen molar-refractivity contribution >= 4 is 11.9 Å². The lowest BCUT2D eigenvalue weighted by atomic mass is 10.0. The van der Waals surface area contributed by atoms with Gasteiger partial charge in [0, 0.05) is 13.0 Å². The Bertz CT molecular complexity index is 293. The molecule has 16 heavy (non-hydrogen) atoms. The van der Waals surface area contributed by atoms with Crippen molar-refractivity contribution in [3.63, 3.8) is 0 Å². The van der Waals surface area contributed by atoms with Crippen LogP contribution in [-0.4, -0.2) is 37.0 Å². The predicted octanol–water partition coefficient (Wildman–Crippen LogP) is 1.05. The number of carbonyl (C=O) groups excluding carboxylic acids is 2. The van der Waals surface area contributed by atoms with E-state index in [0.29, 0.717) is 6.61 Å². The SMILES string of the molecule is CCOC(=O)CN(C)C(=O)C1CC2CC2C1. The number of hydrogen-bond donors (Lipinski definition) is 0. The summed E-state index contributed by atoms with van der Waals surface area (Å²) >= 11 is 0. The number of nitrogens with zero attached hydrogens (tertiary/aromatic N) is 1. The summed E-state index contributed by atoms with van der Waals surface area (Å²) in [6.07, 6.45) is 3.36. The lowest BCUT2D eigenvalue weighted by Crippen LogP contribution is -2.36. The fourth-order valence-corrected chi connectivity index (χ4v) is 2.71. The van der Waals surface area contributed by atoms with Crippen molar-refractivity contribution in [2.45, 2.75) is 26.2 Å². The van der Waals surface area contributed by atoms with Crippen LogP contribution in [0, 0.1) is 17.8 Å². The molecule has 0 bridgehead atoms. The van der Waals surface area contributed by atoms with E-state index in [2.05, 4.69) is 0 Å². The van der Waals surface area contributed by atoms with Gasteiger partial charge >= 0.3 is 5.97 Å². The molecule has 2 aliphatic carbocycles. The van der Waals surface area contributed by atoms with Crippen molar-refractivity contribution in [3.05, 3.63) is 0 Å². The van der Waals surface area contributed by atoms with Crippen molar-refractivity contribution in [3.8, 4) is 0 Å². The summed E-state index contributed by atoms with van der Waals surface area (Å²) in [6.45, 7) is 2.22. The molecule has 4 heteroatoms. The molecule has 0 aromatic carbocycles. The molecule has 90 valence electrons. The highest BCUT2D eigenvalue weighted by atomic mass is 16.5. The highest BCUT2D eigenvalue weighted by Gasteiger charge is 2.48. The van der Waals surface area contributed by atoms with Crippen LogP contribution in [0.5, 0.6) is 0 Å². The molecule has 0 N–H and O–H groups in total. The summed E-state index contributed by atoms with van der Waals surface area (Å²) in [5.74, 6) is 1.54. The van der Waals surface area contributed by atoms with Crippen LogP contribution in [0.3, 0.4) is 0 Å². The third-order valence-electron chi connectivity index (χ3n) is 3.64. The molecule has 2 fully saturated rings. The van der Waals surface area contributed by atoms with E-state index in [-0.39, 0.29) is 24.3 Å². The van der Waals surface area contributed by atoms with Gasteiger partial charge in [-0.15, -0.1) is 0 Å². The first-order valence-electron chi connectivity index (χ1n) is 6.02. The van der Waals surface area contributed by atoms with E-state index in [1.165, 1.54) is 11.3 Å². The molecule has 0 saturated heterocycles. The Morgan fingerprint density at radius 2 is 1.88 bits per heavy atom. The molecule has 4 nitrogen and oxygen atoms in total. The van der Waals surface area contributed by atoms with E-state index in [4.69, 9.17) is 4.74 Å². The molecule has 0 aromatic rings. The van der Waals surface area contributed by atoms with E-state index >= 15 is 0 Å². The van der Waals surface area contributed by atoms with E-state index in [1.54, 1.807) is 14.0 Å². The highest BCUT2D eigenvalue weighted by molar-refractivity contribution is 5.83. The molecule has 2 rings (SSSR count). The number of rotatable bonds is 4. The molecule has 0 radical (unpaired) electrons. The largest absolute Gasteiger partial charge is 0.465 e. The smallest absolute Gasteiger partial charge is 0.325 e. The Hall–Kier alpha value is -1.06. The van der Waals surface area contributed by atoms with Crippen LogP contribution >= 0.6 is 0 Å². The van der Waals surface area contributed by atoms with Crippen LogP contribution in [-0.2, 0) is 14.3 Å². The van der Waals surface area contributed by atoms with E-state index in [0.717, 1.165) is 24.7 Å². The Morgan fingerprint density at radius 3 is 2.44 bits per heavy atom. The van der Waals surface area contributed by atoms with Gasteiger partial charge in [0.05, 0.1) is 6.61 Å². The fourth-order valence-electron chi connectivity index (χ4n) is 2.71. The predicted molar refractivity (Wildman–Crippen MR) is 58.6 cm³/mol. The average molecular weight is 225 g/mol. The van der Waals surface area contributed by atoms with Crippen LogP contribution in [0.15, 0.2) is 0 Å². The molecule has 0 aromatic heterocycles. The third kappa shape index (κ3) is 2.36. The number of likely N-dealkylation sites (N-methyl/N-ethyl adjacent to an activating group) is 1. The summed E-state index contributed by atoms with van der Waals surface area (Å²) in [7, 11) is 1.68. The Labute approximate surface area is 95.9 Å². The molecule has 0 aliphatic heterocycles. The lowest BCUT2D eigenvalue weighted by Gasteiger charge is -2.20. The van der Waals surface area contributed by atoms with Gasteiger partial charge in [0.2, 0.25) is 5.91 Å². The first kappa shape index (κ1) is 11.4. The first-order valence-corrected chi connectivity index (χ1v) is 6.02. The number of hydrogen-bond acceptors (Lipinski definition) is 3. The Kier molecular flexibility index (Phi) is 3.17. The second-order valence-corrected chi connectivity index (χ2v) is 4.92. The lowest BCUT2D eigenvalue weighted by molar-refractivity contribution is -0.149. The summed E-state index contributed by atoms with van der Waals surface area (Å²) in [6, 6.07) is 0. The number of fused-ring (bicyclic) bond motifs is 1. The number of carbonyl (C=O) groups is 2. The maximum atomic E-state index is 12.0. The summed E-state index contributed by atoms with van der Waals surface area (Å²) in [5, 5.41) is 0. The van der Waals surface area contributed by atoms with Gasteiger partial charge in [-0.3, -0.25) is 9.59 Å². The molecular formula is C12H19NO3. The first-order chi connectivity index (χ1) is 7.61. The van der Waals surface area contributed by atoms with Gasteiger partial charge in [0.1, 0.15) is 6.54 Å². The molecule has 1 amide bonds. The van der Waals surface area contributed by atoms with Crippen LogP contribution in [0.4, 0.5) is 0 Å². The zero-order valence-corrected chi connectivity index (χ0v) is 9.94. The van der Waals surface area contributed by atoms with Crippen molar-refractivity contribution in [1.82, 2.24) is 4.90 Å². The monoisotopic (exact) mass is 225 g/mol.